The highest BCUT2D eigenvalue weighted by atomic mass is 32.2. The number of hydrogen-bond acceptors (Lipinski definition) is 4. The summed E-state index contributed by atoms with van der Waals surface area (Å²) in [5.74, 6) is 0.228. The predicted octanol–water partition coefficient (Wildman–Crippen LogP) is 1.57. The van der Waals surface area contributed by atoms with Crippen molar-refractivity contribution >= 4 is 15.7 Å². The van der Waals surface area contributed by atoms with Crippen LogP contribution in [-0.4, -0.2) is 50.1 Å². The second-order valence-corrected chi connectivity index (χ2v) is 10.4. The maximum Gasteiger partial charge on any atom is 0.237 e. The summed E-state index contributed by atoms with van der Waals surface area (Å²) < 4.78 is 37.7. The average Bonchev–Trinajstić information content (AvgIpc) is 2.97. The van der Waals surface area contributed by atoms with E-state index in [-0.39, 0.29) is 35.2 Å². The number of rotatable bonds is 3. The maximum atomic E-state index is 14.2. The Labute approximate surface area is 144 Å². The van der Waals surface area contributed by atoms with Gasteiger partial charge in [-0.1, -0.05) is 13.3 Å². The number of halogens is 1. The van der Waals surface area contributed by atoms with Gasteiger partial charge in [-0.3, -0.25) is 4.79 Å². The van der Waals surface area contributed by atoms with Crippen LogP contribution in [0.15, 0.2) is 0 Å². The monoisotopic (exact) mass is 360 g/mol. The topological polar surface area (TPSA) is 75.3 Å². The summed E-state index contributed by atoms with van der Waals surface area (Å²) in [7, 11) is -3.06. The summed E-state index contributed by atoms with van der Waals surface area (Å²) in [6.45, 7) is 2.12. The number of hydrogen-bond donors (Lipinski definition) is 2. The molecule has 3 fully saturated rings. The van der Waals surface area contributed by atoms with E-state index in [1.807, 2.05) is 0 Å². The van der Waals surface area contributed by atoms with Crippen molar-refractivity contribution in [2.45, 2.75) is 81.4 Å². The molecule has 0 spiro atoms. The van der Waals surface area contributed by atoms with Crippen LogP contribution in [0, 0.1) is 11.8 Å². The van der Waals surface area contributed by atoms with Gasteiger partial charge in [-0.2, -0.15) is 0 Å². The lowest BCUT2D eigenvalue weighted by Crippen LogP contribution is -2.50. The van der Waals surface area contributed by atoms with Gasteiger partial charge in [-0.25, -0.2) is 12.8 Å². The van der Waals surface area contributed by atoms with Gasteiger partial charge in [-0.05, 0) is 44.4 Å². The zero-order valence-electron chi connectivity index (χ0n) is 14.5. The van der Waals surface area contributed by atoms with Gasteiger partial charge in [0.15, 0.2) is 0 Å². The van der Waals surface area contributed by atoms with E-state index in [9.17, 15) is 17.6 Å². The number of amides is 1. The van der Waals surface area contributed by atoms with Crippen molar-refractivity contribution in [3.05, 3.63) is 0 Å². The average molecular weight is 360 g/mol. The Morgan fingerprint density at radius 3 is 2.58 bits per heavy atom. The van der Waals surface area contributed by atoms with Crippen molar-refractivity contribution in [1.29, 1.82) is 0 Å². The molecule has 0 aromatic carbocycles. The number of fused-ring (bicyclic) bond motifs is 1. The third kappa shape index (κ3) is 3.77. The second kappa shape index (κ2) is 6.90. The van der Waals surface area contributed by atoms with E-state index >= 15 is 0 Å². The van der Waals surface area contributed by atoms with Crippen molar-refractivity contribution in [2.75, 3.05) is 6.26 Å². The molecule has 24 heavy (non-hydrogen) atoms. The zero-order valence-corrected chi connectivity index (χ0v) is 15.3. The van der Waals surface area contributed by atoms with E-state index in [2.05, 4.69) is 17.6 Å². The molecule has 2 saturated carbocycles. The molecule has 7 atom stereocenters. The Morgan fingerprint density at radius 2 is 1.92 bits per heavy atom. The molecular weight excluding hydrogens is 331 g/mol. The molecule has 1 aliphatic heterocycles. The van der Waals surface area contributed by atoms with Crippen LogP contribution in [0.3, 0.4) is 0 Å². The molecule has 3 rings (SSSR count). The van der Waals surface area contributed by atoms with Crippen LogP contribution in [0.5, 0.6) is 0 Å². The second-order valence-electron chi connectivity index (χ2n) is 8.04. The van der Waals surface area contributed by atoms with Crippen LogP contribution < -0.4 is 10.6 Å². The minimum atomic E-state index is -3.06. The Hall–Kier alpha value is -0.690. The van der Waals surface area contributed by atoms with Crippen molar-refractivity contribution in [3.63, 3.8) is 0 Å². The van der Waals surface area contributed by atoms with Crippen LogP contribution in [-0.2, 0) is 14.6 Å². The molecule has 1 amide bonds. The van der Waals surface area contributed by atoms with Gasteiger partial charge in [0.25, 0.3) is 0 Å². The number of sulfone groups is 1. The molecule has 2 N–H and O–H groups in total. The van der Waals surface area contributed by atoms with Crippen LogP contribution in [0.4, 0.5) is 4.39 Å². The summed E-state index contributed by atoms with van der Waals surface area (Å²) in [5, 5.41) is 5.99. The van der Waals surface area contributed by atoms with Crippen molar-refractivity contribution in [2.24, 2.45) is 11.8 Å². The zero-order chi connectivity index (χ0) is 17.5. The molecule has 0 radical (unpaired) electrons. The highest BCUT2D eigenvalue weighted by molar-refractivity contribution is 7.91. The van der Waals surface area contributed by atoms with Crippen molar-refractivity contribution in [3.8, 4) is 0 Å². The van der Waals surface area contributed by atoms with Gasteiger partial charge in [0, 0.05) is 24.3 Å². The fourth-order valence-electron chi connectivity index (χ4n) is 4.77. The summed E-state index contributed by atoms with van der Waals surface area (Å²) >= 11 is 0. The number of carbonyl (C=O) groups excluding carboxylic acids is 1. The minimum Gasteiger partial charge on any atom is -0.352 e. The third-order valence-corrected chi connectivity index (χ3v) is 7.87. The molecule has 1 heterocycles. The molecule has 5 nitrogen and oxygen atoms in total. The molecule has 138 valence electrons. The third-order valence-electron chi connectivity index (χ3n) is 6.23. The van der Waals surface area contributed by atoms with Crippen LogP contribution in [0.2, 0.25) is 0 Å². The predicted molar refractivity (Wildman–Crippen MR) is 91.1 cm³/mol. The molecule has 2 aliphatic carbocycles. The van der Waals surface area contributed by atoms with Gasteiger partial charge in [0.05, 0.1) is 11.3 Å². The largest absolute Gasteiger partial charge is 0.352 e. The van der Waals surface area contributed by atoms with Crippen molar-refractivity contribution in [1.82, 2.24) is 10.6 Å². The Balaban J connectivity index is 1.58. The van der Waals surface area contributed by atoms with E-state index < -0.39 is 16.0 Å². The van der Waals surface area contributed by atoms with Gasteiger partial charge in [0.1, 0.15) is 16.0 Å². The minimum absolute atomic E-state index is 0.0698. The first-order valence-corrected chi connectivity index (χ1v) is 11.1. The Morgan fingerprint density at radius 1 is 1.17 bits per heavy atom. The van der Waals surface area contributed by atoms with Gasteiger partial charge < -0.3 is 10.6 Å². The summed E-state index contributed by atoms with van der Waals surface area (Å²) in [6, 6.07) is -0.356. The van der Waals surface area contributed by atoms with Gasteiger partial charge >= 0.3 is 0 Å². The molecular formula is C17H29FN2O3S. The van der Waals surface area contributed by atoms with Gasteiger partial charge in [-0.15, -0.1) is 0 Å². The quantitative estimate of drug-likeness (QED) is 0.801. The van der Waals surface area contributed by atoms with Crippen LogP contribution >= 0.6 is 0 Å². The first-order chi connectivity index (χ1) is 11.3. The lowest BCUT2D eigenvalue weighted by Gasteiger charge is -2.33. The highest BCUT2D eigenvalue weighted by Gasteiger charge is 2.46. The summed E-state index contributed by atoms with van der Waals surface area (Å²) in [4.78, 5) is 12.6. The van der Waals surface area contributed by atoms with E-state index in [4.69, 9.17) is 0 Å². The molecule has 0 aromatic heterocycles. The Bertz CT molecular complexity index is 564. The Kier molecular flexibility index (Phi) is 5.21. The molecule has 0 bridgehead atoms. The van der Waals surface area contributed by atoms with Gasteiger partial charge in [0.2, 0.25) is 5.91 Å². The summed E-state index contributed by atoms with van der Waals surface area (Å²) in [5.41, 5.74) is 0. The van der Waals surface area contributed by atoms with Crippen LogP contribution in [0.25, 0.3) is 0 Å². The highest BCUT2D eigenvalue weighted by Crippen LogP contribution is 2.38. The first kappa shape index (κ1) is 18.1. The van der Waals surface area contributed by atoms with E-state index in [1.165, 1.54) is 6.26 Å². The summed E-state index contributed by atoms with van der Waals surface area (Å²) in [6.07, 6.45) is 5.26. The molecule has 7 heteroatoms. The molecule has 0 aromatic rings. The van der Waals surface area contributed by atoms with Crippen molar-refractivity contribution < 1.29 is 17.6 Å². The normalized spacial score (nSPS) is 43.2. The molecule has 7 unspecified atom stereocenters. The smallest absolute Gasteiger partial charge is 0.237 e. The number of alkyl halides is 1. The SMILES string of the molecule is CC1CCC(F)C2CC(C(=O)NC3CCCC(S(C)(=O)=O)C3)NC12. The number of nitrogens with one attached hydrogen (secondary N) is 2. The first-order valence-electron chi connectivity index (χ1n) is 9.15. The molecule has 1 saturated heterocycles. The van der Waals surface area contributed by atoms with E-state index in [1.54, 1.807) is 0 Å². The fourth-order valence-corrected chi connectivity index (χ4v) is 5.94. The lowest BCUT2D eigenvalue weighted by molar-refractivity contribution is -0.123. The van der Waals surface area contributed by atoms with E-state index in [0.29, 0.717) is 31.6 Å². The fraction of sp³-hybridized carbons (Fsp3) is 0.941. The number of carbonyl (C=O) groups is 1. The lowest BCUT2D eigenvalue weighted by atomic mass is 9.77. The maximum absolute atomic E-state index is 14.2. The van der Waals surface area contributed by atoms with E-state index in [0.717, 1.165) is 19.3 Å². The van der Waals surface area contributed by atoms with Crippen LogP contribution in [0.1, 0.15) is 51.9 Å². The molecule has 3 aliphatic rings. The standard InChI is InChI=1S/C17H29FN2O3S/c1-10-6-7-14(18)13-9-15(20-16(10)13)17(21)19-11-4-3-5-12(8-11)24(2,22)23/h10-16,20H,3-9H2,1-2H3,(H,19,21).